The van der Waals surface area contributed by atoms with Crippen LogP contribution in [0.25, 0.3) is 5.69 Å². The number of carbonyl (C=O) groups excluding carboxylic acids is 1. The van der Waals surface area contributed by atoms with Crippen molar-refractivity contribution in [2.75, 3.05) is 6.54 Å². The fraction of sp³-hybridized carbons (Fsp3) is 0.238. The van der Waals surface area contributed by atoms with Crippen LogP contribution in [0.15, 0.2) is 58.1 Å². The minimum Gasteiger partial charge on any atom is -0.332 e. The predicted octanol–water partition coefficient (Wildman–Crippen LogP) is 1.44. The van der Waals surface area contributed by atoms with E-state index in [0.717, 1.165) is 26.8 Å². The molecule has 2 heterocycles. The number of hydrogen-bond acceptors (Lipinski definition) is 4. The summed E-state index contributed by atoms with van der Waals surface area (Å²) in [5.41, 5.74) is 2.28. The van der Waals surface area contributed by atoms with E-state index in [1.165, 1.54) is 12.6 Å². The van der Waals surface area contributed by atoms with Crippen LogP contribution in [-0.4, -0.2) is 31.7 Å². The lowest BCUT2D eigenvalue weighted by atomic mass is 10.00. The zero-order valence-corrected chi connectivity index (χ0v) is 15.8. The number of hydrogen-bond donors (Lipinski definition) is 0. The number of rotatable bonds is 2. The molecule has 4 rings (SSSR count). The Bertz CT molecular complexity index is 1180. The molecule has 0 unspecified atom stereocenters. The topological polar surface area (TPSA) is 77.2 Å². The van der Waals surface area contributed by atoms with Crippen molar-refractivity contribution in [1.82, 2.24) is 19.2 Å². The zero-order chi connectivity index (χ0) is 19.8. The Hall–Kier alpha value is -3.48. The van der Waals surface area contributed by atoms with Crippen molar-refractivity contribution in [2.45, 2.75) is 19.9 Å². The van der Waals surface area contributed by atoms with Gasteiger partial charge in [0.05, 0.1) is 5.69 Å². The van der Waals surface area contributed by atoms with Gasteiger partial charge >= 0.3 is 5.69 Å². The summed E-state index contributed by atoms with van der Waals surface area (Å²) in [7, 11) is 1.36. The fourth-order valence-electron chi connectivity index (χ4n) is 3.38. The normalized spacial score (nSPS) is 13.3. The van der Waals surface area contributed by atoms with Gasteiger partial charge in [-0.3, -0.25) is 14.2 Å². The first-order valence-corrected chi connectivity index (χ1v) is 9.09. The number of aromatic nitrogens is 3. The molecule has 142 valence electrons. The summed E-state index contributed by atoms with van der Waals surface area (Å²) in [5.74, 6) is -0.462. The molecule has 0 radical (unpaired) electrons. The molecule has 1 aromatic heterocycles. The van der Waals surface area contributed by atoms with Crippen LogP contribution in [0.1, 0.15) is 27.2 Å². The summed E-state index contributed by atoms with van der Waals surface area (Å²) in [5, 5.41) is 4.14. The van der Waals surface area contributed by atoms with Crippen molar-refractivity contribution in [3.63, 3.8) is 0 Å². The number of nitrogens with zero attached hydrogens (tertiary/aromatic N) is 4. The SMILES string of the molecule is Cc1ccc(-n2nc(C(=O)N3CCc4ccccc4C3)c(=O)n(C)c2=O)cc1. The van der Waals surface area contributed by atoms with E-state index in [0.29, 0.717) is 18.8 Å². The third kappa shape index (κ3) is 3.05. The molecular weight excluding hydrogens is 356 g/mol. The Labute approximate surface area is 161 Å². The highest BCUT2D eigenvalue weighted by atomic mass is 16.2. The maximum atomic E-state index is 13.1. The average Bonchev–Trinajstić information content (AvgIpc) is 2.72. The van der Waals surface area contributed by atoms with Crippen LogP contribution in [0.5, 0.6) is 0 Å². The third-order valence-corrected chi connectivity index (χ3v) is 5.07. The quantitative estimate of drug-likeness (QED) is 0.678. The first kappa shape index (κ1) is 17.9. The van der Waals surface area contributed by atoms with Crippen LogP contribution in [-0.2, 0) is 20.0 Å². The molecule has 0 saturated carbocycles. The van der Waals surface area contributed by atoms with E-state index in [9.17, 15) is 14.4 Å². The Morgan fingerprint density at radius 3 is 2.39 bits per heavy atom. The number of fused-ring (bicyclic) bond motifs is 1. The summed E-state index contributed by atoms with van der Waals surface area (Å²) >= 11 is 0. The van der Waals surface area contributed by atoms with Crippen molar-refractivity contribution < 1.29 is 4.79 Å². The largest absolute Gasteiger partial charge is 0.351 e. The van der Waals surface area contributed by atoms with Gasteiger partial charge in [0.2, 0.25) is 5.69 Å². The molecule has 1 aliphatic heterocycles. The van der Waals surface area contributed by atoms with E-state index in [-0.39, 0.29) is 5.69 Å². The number of aryl methyl sites for hydroxylation is 1. The highest BCUT2D eigenvalue weighted by Gasteiger charge is 2.26. The number of carbonyl (C=O) groups is 1. The Morgan fingerprint density at radius 1 is 1.00 bits per heavy atom. The van der Waals surface area contributed by atoms with Gasteiger partial charge in [-0.05, 0) is 36.6 Å². The van der Waals surface area contributed by atoms with E-state index in [2.05, 4.69) is 5.10 Å². The molecule has 1 amide bonds. The van der Waals surface area contributed by atoms with Crippen LogP contribution in [0.4, 0.5) is 0 Å². The molecule has 0 N–H and O–H groups in total. The van der Waals surface area contributed by atoms with E-state index < -0.39 is 17.2 Å². The van der Waals surface area contributed by atoms with Crippen LogP contribution < -0.4 is 11.2 Å². The van der Waals surface area contributed by atoms with Crippen LogP contribution >= 0.6 is 0 Å². The Balaban J connectivity index is 1.76. The highest BCUT2D eigenvalue weighted by molar-refractivity contribution is 5.92. The van der Waals surface area contributed by atoms with Gasteiger partial charge in [-0.1, -0.05) is 42.0 Å². The molecule has 7 nitrogen and oxygen atoms in total. The standard InChI is InChI=1S/C21H20N4O3/c1-14-7-9-17(10-8-14)25-21(28)23(2)19(26)18(22-25)20(27)24-12-11-15-5-3-4-6-16(15)13-24/h3-10H,11-13H2,1-2H3. The van der Waals surface area contributed by atoms with Gasteiger partial charge in [-0.25, -0.2) is 4.79 Å². The van der Waals surface area contributed by atoms with Crippen molar-refractivity contribution in [1.29, 1.82) is 0 Å². The first-order valence-electron chi connectivity index (χ1n) is 9.09. The van der Waals surface area contributed by atoms with E-state index >= 15 is 0 Å². The van der Waals surface area contributed by atoms with Gasteiger partial charge in [0.15, 0.2) is 0 Å². The van der Waals surface area contributed by atoms with E-state index in [4.69, 9.17) is 0 Å². The highest BCUT2D eigenvalue weighted by Crippen LogP contribution is 2.19. The van der Waals surface area contributed by atoms with Crippen molar-refractivity contribution in [3.8, 4) is 5.69 Å². The minimum absolute atomic E-state index is 0.248. The molecule has 2 aromatic carbocycles. The lowest BCUT2D eigenvalue weighted by Gasteiger charge is -2.28. The summed E-state index contributed by atoms with van der Waals surface area (Å²) in [4.78, 5) is 39.8. The lowest BCUT2D eigenvalue weighted by molar-refractivity contribution is 0.0723. The second kappa shape index (κ2) is 6.92. The van der Waals surface area contributed by atoms with Crippen molar-refractivity contribution >= 4 is 5.91 Å². The molecule has 0 bridgehead atoms. The number of amides is 1. The molecule has 0 spiro atoms. The van der Waals surface area contributed by atoms with Gasteiger partial charge in [-0.15, -0.1) is 0 Å². The molecule has 1 aliphatic rings. The van der Waals surface area contributed by atoms with Gasteiger partial charge in [-0.2, -0.15) is 9.78 Å². The second-order valence-electron chi connectivity index (χ2n) is 6.99. The van der Waals surface area contributed by atoms with Gasteiger partial charge in [0, 0.05) is 20.1 Å². The van der Waals surface area contributed by atoms with Crippen molar-refractivity contribution in [2.24, 2.45) is 7.05 Å². The smallest absolute Gasteiger partial charge is 0.332 e. The Kier molecular flexibility index (Phi) is 4.43. The summed E-state index contributed by atoms with van der Waals surface area (Å²) in [6.07, 6.45) is 0.722. The predicted molar refractivity (Wildman–Crippen MR) is 105 cm³/mol. The average molecular weight is 376 g/mol. The maximum absolute atomic E-state index is 13.1. The summed E-state index contributed by atoms with van der Waals surface area (Å²) in [6, 6.07) is 15.1. The van der Waals surface area contributed by atoms with E-state index in [1.54, 1.807) is 17.0 Å². The van der Waals surface area contributed by atoms with E-state index in [1.807, 2.05) is 43.3 Å². The lowest BCUT2D eigenvalue weighted by Crippen LogP contribution is -2.46. The Morgan fingerprint density at radius 2 is 1.68 bits per heavy atom. The van der Waals surface area contributed by atoms with Gasteiger partial charge in [0.25, 0.3) is 11.5 Å². The zero-order valence-electron chi connectivity index (χ0n) is 15.8. The molecule has 7 heteroatoms. The summed E-state index contributed by atoms with van der Waals surface area (Å²) < 4.78 is 2.03. The van der Waals surface area contributed by atoms with Gasteiger partial charge < -0.3 is 4.90 Å². The molecule has 0 saturated heterocycles. The maximum Gasteiger partial charge on any atom is 0.351 e. The van der Waals surface area contributed by atoms with Crippen LogP contribution in [0, 0.1) is 6.92 Å². The first-order chi connectivity index (χ1) is 13.5. The molecule has 28 heavy (non-hydrogen) atoms. The second-order valence-corrected chi connectivity index (χ2v) is 6.99. The molecule has 0 aliphatic carbocycles. The molecule has 0 fully saturated rings. The number of benzene rings is 2. The summed E-state index contributed by atoms with van der Waals surface area (Å²) in [6.45, 7) is 2.86. The molecule has 3 aromatic rings. The van der Waals surface area contributed by atoms with Crippen molar-refractivity contribution in [3.05, 3.63) is 91.8 Å². The van der Waals surface area contributed by atoms with Crippen LogP contribution in [0.3, 0.4) is 0 Å². The van der Waals surface area contributed by atoms with Crippen LogP contribution in [0.2, 0.25) is 0 Å². The third-order valence-electron chi connectivity index (χ3n) is 5.07. The van der Waals surface area contributed by atoms with Gasteiger partial charge in [0.1, 0.15) is 0 Å². The molecule has 0 atom stereocenters. The monoisotopic (exact) mass is 376 g/mol. The molecular formula is C21H20N4O3. The fourth-order valence-corrected chi connectivity index (χ4v) is 3.38. The minimum atomic E-state index is -0.683.